The van der Waals surface area contributed by atoms with Gasteiger partial charge in [-0.25, -0.2) is 4.68 Å². The summed E-state index contributed by atoms with van der Waals surface area (Å²) < 4.78 is 7.07. The van der Waals surface area contributed by atoms with E-state index in [9.17, 15) is 4.79 Å². The van der Waals surface area contributed by atoms with Gasteiger partial charge in [0.1, 0.15) is 5.02 Å². The highest BCUT2D eigenvalue weighted by molar-refractivity contribution is 6.32. The van der Waals surface area contributed by atoms with E-state index in [1.807, 2.05) is 13.8 Å². The van der Waals surface area contributed by atoms with Crippen LogP contribution in [0.5, 0.6) is 0 Å². The molecular weight excluding hydrogens is 292 g/mol. The van der Waals surface area contributed by atoms with Crippen molar-refractivity contribution in [2.45, 2.75) is 26.5 Å². The number of nitrogens with zero attached hydrogens (tertiary/aromatic N) is 3. The Bertz CT molecular complexity index is 532. The van der Waals surface area contributed by atoms with Crippen LogP contribution in [0.25, 0.3) is 0 Å². The fourth-order valence-electron chi connectivity index (χ4n) is 2.28. The molecule has 7 heteroatoms. The first-order valence-corrected chi connectivity index (χ1v) is 7.64. The number of morpholine rings is 1. The molecule has 0 aromatic carbocycles. The zero-order valence-electron chi connectivity index (χ0n) is 12.8. The molecule has 118 valence electrons. The van der Waals surface area contributed by atoms with Crippen molar-refractivity contribution in [1.29, 1.82) is 0 Å². The van der Waals surface area contributed by atoms with Gasteiger partial charge in [-0.2, -0.15) is 5.10 Å². The standard InChI is InChI=1S/C14H23ClN4O2/c1-10(2)8-19-14(20)13(15)12(7-17-19)16-6-11-9-18(3)4-5-21-11/h7,10-11,16H,4-6,8-9H2,1-3H3. The molecule has 1 atom stereocenters. The summed E-state index contributed by atoms with van der Waals surface area (Å²) in [6.45, 7) is 7.78. The number of hydrogen-bond donors (Lipinski definition) is 1. The molecule has 1 aromatic rings. The van der Waals surface area contributed by atoms with Gasteiger partial charge in [0.15, 0.2) is 0 Å². The maximum Gasteiger partial charge on any atom is 0.287 e. The molecule has 21 heavy (non-hydrogen) atoms. The lowest BCUT2D eigenvalue weighted by Gasteiger charge is -2.30. The molecular formula is C14H23ClN4O2. The van der Waals surface area contributed by atoms with Crippen LogP contribution in [0.1, 0.15) is 13.8 Å². The van der Waals surface area contributed by atoms with Gasteiger partial charge in [0.05, 0.1) is 24.6 Å². The van der Waals surface area contributed by atoms with Crippen LogP contribution in [-0.2, 0) is 11.3 Å². The van der Waals surface area contributed by atoms with Crippen LogP contribution in [-0.4, -0.2) is 54.1 Å². The number of aromatic nitrogens is 2. The molecule has 0 radical (unpaired) electrons. The monoisotopic (exact) mass is 314 g/mol. The molecule has 0 saturated carbocycles. The number of ether oxygens (including phenoxy) is 1. The zero-order valence-corrected chi connectivity index (χ0v) is 13.6. The lowest BCUT2D eigenvalue weighted by molar-refractivity contribution is -0.0117. The molecule has 1 saturated heterocycles. The Morgan fingerprint density at radius 3 is 3.00 bits per heavy atom. The van der Waals surface area contributed by atoms with Crippen LogP contribution >= 0.6 is 11.6 Å². The fourth-order valence-corrected chi connectivity index (χ4v) is 2.49. The molecule has 1 aliphatic heterocycles. The Morgan fingerprint density at radius 1 is 1.57 bits per heavy atom. The minimum atomic E-state index is -0.253. The molecule has 0 spiro atoms. The molecule has 0 aliphatic carbocycles. The van der Waals surface area contributed by atoms with Gasteiger partial charge in [-0.15, -0.1) is 0 Å². The Kier molecular flexibility index (Phi) is 5.61. The highest BCUT2D eigenvalue weighted by atomic mass is 35.5. The normalized spacial score (nSPS) is 20.0. The van der Waals surface area contributed by atoms with Crippen molar-refractivity contribution in [3.8, 4) is 0 Å². The summed E-state index contributed by atoms with van der Waals surface area (Å²) in [6, 6.07) is 0. The first kappa shape index (κ1) is 16.3. The van der Waals surface area contributed by atoms with Gasteiger partial charge < -0.3 is 15.0 Å². The summed E-state index contributed by atoms with van der Waals surface area (Å²) in [5.41, 5.74) is 0.315. The average Bonchev–Trinajstić information content (AvgIpc) is 2.43. The number of halogens is 1. The molecule has 1 N–H and O–H groups in total. The molecule has 1 aliphatic rings. The molecule has 1 unspecified atom stereocenters. The third kappa shape index (κ3) is 4.43. The van der Waals surface area contributed by atoms with Crippen molar-refractivity contribution >= 4 is 17.3 Å². The summed E-state index contributed by atoms with van der Waals surface area (Å²) >= 11 is 6.14. The molecule has 2 heterocycles. The highest BCUT2D eigenvalue weighted by Crippen LogP contribution is 2.16. The maximum atomic E-state index is 12.1. The van der Waals surface area contributed by atoms with Gasteiger partial charge in [0.2, 0.25) is 0 Å². The number of likely N-dealkylation sites (N-methyl/N-ethyl adjacent to an activating group) is 1. The quantitative estimate of drug-likeness (QED) is 0.887. The molecule has 1 fully saturated rings. The number of anilines is 1. The lowest BCUT2D eigenvalue weighted by Crippen LogP contribution is -2.43. The molecule has 1 aromatic heterocycles. The minimum Gasteiger partial charge on any atom is -0.380 e. The highest BCUT2D eigenvalue weighted by Gasteiger charge is 2.18. The van der Waals surface area contributed by atoms with Crippen molar-refractivity contribution in [3.63, 3.8) is 0 Å². The fraction of sp³-hybridized carbons (Fsp3) is 0.714. The van der Waals surface area contributed by atoms with E-state index in [1.165, 1.54) is 4.68 Å². The summed E-state index contributed by atoms with van der Waals surface area (Å²) in [5, 5.41) is 7.52. The van der Waals surface area contributed by atoms with E-state index in [2.05, 4.69) is 22.4 Å². The van der Waals surface area contributed by atoms with Crippen molar-refractivity contribution in [2.75, 3.05) is 38.6 Å². The SMILES string of the molecule is CC(C)Cn1ncc(NCC2CN(C)CCO2)c(Cl)c1=O. The second kappa shape index (κ2) is 7.24. The Hall–Kier alpha value is -1.11. The van der Waals surface area contributed by atoms with Gasteiger partial charge in [-0.05, 0) is 13.0 Å². The predicted molar refractivity (Wildman–Crippen MR) is 84.1 cm³/mol. The van der Waals surface area contributed by atoms with Crippen LogP contribution in [0.4, 0.5) is 5.69 Å². The molecule has 2 rings (SSSR count). The Morgan fingerprint density at radius 2 is 2.33 bits per heavy atom. The van der Waals surface area contributed by atoms with E-state index < -0.39 is 0 Å². The molecule has 0 bridgehead atoms. The van der Waals surface area contributed by atoms with E-state index in [-0.39, 0.29) is 16.7 Å². The number of rotatable bonds is 5. The maximum absolute atomic E-state index is 12.1. The van der Waals surface area contributed by atoms with Crippen LogP contribution in [0.3, 0.4) is 0 Å². The first-order chi connectivity index (χ1) is 9.97. The predicted octanol–water partition coefficient (Wildman–Crippen LogP) is 1.30. The van der Waals surface area contributed by atoms with Crippen LogP contribution < -0.4 is 10.9 Å². The second-order valence-corrected chi connectivity index (χ2v) is 6.27. The number of nitrogens with one attached hydrogen (secondary N) is 1. The van der Waals surface area contributed by atoms with E-state index >= 15 is 0 Å². The largest absolute Gasteiger partial charge is 0.380 e. The van der Waals surface area contributed by atoms with Crippen LogP contribution in [0.2, 0.25) is 5.02 Å². The topological polar surface area (TPSA) is 59.4 Å². The third-order valence-corrected chi connectivity index (χ3v) is 3.75. The molecule has 6 nitrogen and oxygen atoms in total. The smallest absolute Gasteiger partial charge is 0.287 e. The van der Waals surface area contributed by atoms with Gasteiger partial charge in [-0.1, -0.05) is 25.4 Å². The zero-order chi connectivity index (χ0) is 15.4. The van der Waals surface area contributed by atoms with E-state index in [1.54, 1.807) is 6.20 Å². The van der Waals surface area contributed by atoms with E-state index in [0.29, 0.717) is 24.7 Å². The van der Waals surface area contributed by atoms with Crippen molar-refractivity contribution in [1.82, 2.24) is 14.7 Å². The summed E-state index contributed by atoms with van der Waals surface area (Å²) in [4.78, 5) is 14.3. The second-order valence-electron chi connectivity index (χ2n) is 5.89. The van der Waals surface area contributed by atoms with Crippen LogP contribution in [0.15, 0.2) is 11.0 Å². The minimum absolute atomic E-state index is 0.0953. The number of hydrogen-bond acceptors (Lipinski definition) is 5. The van der Waals surface area contributed by atoms with E-state index in [0.717, 1.165) is 19.7 Å². The van der Waals surface area contributed by atoms with Gasteiger partial charge >= 0.3 is 0 Å². The lowest BCUT2D eigenvalue weighted by atomic mass is 10.2. The van der Waals surface area contributed by atoms with E-state index in [4.69, 9.17) is 16.3 Å². The summed E-state index contributed by atoms with van der Waals surface area (Å²) in [7, 11) is 2.07. The van der Waals surface area contributed by atoms with Crippen molar-refractivity contribution in [2.24, 2.45) is 5.92 Å². The Balaban J connectivity index is 2.00. The summed E-state index contributed by atoms with van der Waals surface area (Å²) in [5.74, 6) is 0.344. The molecule has 0 amide bonds. The van der Waals surface area contributed by atoms with Crippen molar-refractivity contribution < 1.29 is 4.74 Å². The third-order valence-electron chi connectivity index (χ3n) is 3.39. The van der Waals surface area contributed by atoms with Gasteiger partial charge in [-0.3, -0.25) is 4.79 Å². The average molecular weight is 315 g/mol. The van der Waals surface area contributed by atoms with Gasteiger partial charge in [0, 0.05) is 26.2 Å². The Labute approximate surface area is 130 Å². The van der Waals surface area contributed by atoms with Crippen molar-refractivity contribution in [3.05, 3.63) is 21.6 Å². The first-order valence-electron chi connectivity index (χ1n) is 7.27. The van der Waals surface area contributed by atoms with Gasteiger partial charge in [0.25, 0.3) is 5.56 Å². The summed E-state index contributed by atoms with van der Waals surface area (Å²) in [6.07, 6.45) is 1.71. The van der Waals surface area contributed by atoms with Crippen LogP contribution in [0, 0.1) is 5.92 Å².